The highest BCUT2D eigenvalue weighted by atomic mass is 31.1. The van der Waals surface area contributed by atoms with Gasteiger partial charge in [-0.1, -0.05) is 17.2 Å². The average Bonchev–Trinajstić information content (AvgIpc) is 2.72. The number of hydrogen-bond donors (Lipinski definition) is 0. The molecule has 3 aliphatic rings. The number of ether oxygens (including phenoxy) is 1. The summed E-state index contributed by atoms with van der Waals surface area (Å²) in [6, 6.07) is 0. The number of carbonyl (C=O) groups excluding carboxylic acids is 1. The Morgan fingerprint density at radius 2 is 2.10 bits per heavy atom. The van der Waals surface area contributed by atoms with E-state index < -0.39 is 13.2 Å². The van der Waals surface area contributed by atoms with Crippen LogP contribution in [-0.2, 0) is 9.53 Å². The van der Waals surface area contributed by atoms with Crippen LogP contribution < -0.4 is 0 Å². The molecule has 3 aliphatic heterocycles. The van der Waals surface area contributed by atoms with E-state index in [0.29, 0.717) is 6.61 Å². The number of esters is 1. The average molecular weight is 303 g/mol. The molecule has 2 atom stereocenters. The van der Waals surface area contributed by atoms with Crippen LogP contribution in [0.25, 0.3) is 0 Å². The number of allylic oxidation sites excluding steroid dienone is 5. The fourth-order valence-electron chi connectivity index (χ4n) is 3.46. The van der Waals surface area contributed by atoms with Gasteiger partial charge in [0, 0.05) is 18.3 Å². The van der Waals surface area contributed by atoms with E-state index in [1.165, 1.54) is 22.2 Å². The first-order valence-corrected chi connectivity index (χ1v) is 9.00. The van der Waals surface area contributed by atoms with Crippen LogP contribution in [0.4, 0.5) is 0 Å². The summed E-state index contributed by atoms with van der Waals surface area (Å²) in [4.78, 5) is 15.1. The van der Waals surface area contributed by atoms with Crippen molar-refractivity contribution in [1.82, 2.24) is 4.90 Å². The summed E-state index contributed by atoms with van der Waals surface area (Å²) >= 11 is 0. The van der Waals surface area contributed by atoms with Crippen LogP contribution in [0.5, 0.6) is 0 Å². The van der Waals surface area contributed by atoms with Gasteiger partial charge in [0.2, 0.25) is 0 Å². The summed E-state index contributed by atoms with van der Waals surface area (Å²) in [7, 11) is -0.562. The van der Waals surface area contributed by atoms with Crippen molar-refractivity contribution in [1.29, 1.82) is 0 Å². The predicted molar refractivity (Wildman–Crippen MR) is 87.0 cm³/mol. The molecule has 0 bridgehead atoms. The zero-order valence-electron chi connectivity index (χ0n) is 13.1. The zero-order chi connectivity index (χ0) is 15.2. The SMILES string of the molecule is CCOC(=O)[C@@]12CC(C)=C(C)CP1C(C)=C1C=CC=CN12. The number of carbonyl (C=O) groups is 1. The molecule has 0 aromatic carbocycles. The molecule has 0 spiro atoms. The van der Waals surface area contributed by atoms with Crippen LogP contribution in [0, 0.1) is 0 Å². The molecule has 4 heteroatoms. The minimum Gasteiger partial charge on any atom is -0.464 e. The molecule has 0 amide bonds. The molecule has 0 fully saturated rings. The number of hydrogen-bond acceptors (Lipinski definition) is 3. The normalized spacial score (nSPS) is 30.7. The molecule has 3 rings (SSSR count). The molecule has 112 valence electrons. The Bertz CT molecular complexity index is 614. The first kappa shape index (κ1) is 14.6. The van der Waals surface area contributed by atoms with E-state index in [4.69, 9.17) is 4.74 Å². The number of fused-ring (bicyclic) bond motifs is 3. The Hall–Kier alpha value is -1.34. The third-order valence-corrected chi connectivity index (χ3v) is 8.00. The van der Waals surface area contributed by atoms with Crippen LogP contribution in [0.2, 0.25) is 0 Å². The highest BCUT2D eigenvalue weighted by Gasteiger charge is 2.58. The van der Waals surface area contributed by atoms with Gasteiger partial charge in [0.25, 0.3) is 0 Å². The molecule has 0 aromatic heterocycles. The van der Waals surface area contributed by atoms with Crippen molar-refractivity contribution in [2.75, 3.05) is 12.8 Å². The molecule has 1 unspecified atom stereocenters. The van der Waals surface area contributed by atoms with E-state index in [-0.39, 0.29) is 5.97 Å². The third-order valence-electron chi connectivity index (χ3n) is 4.72. The fraction of sp³-hybridized carbons (Fsp3) is 0.471. The Balaban J connectivity index is 2.14. The minimum absolute atomic E-state index is 0.0581. The predicted octanol–water partition coefficient (Wildman–Crippen LogP) is 4.10. The lowest BCUT2D eigenvalue weighted by Crippen LogP contribution is -2.50. The van der Waals surface area contributed by atoms with Gasteiger partial charge in [-0.05, 0) is 59.2 Å². The van der Waals surface area contributed by atoms with Gasteiger partial charge >= 0.3 is 5.97 Å². The van der Waals surface area contributed by atoms with Gasteiger partial charge in [-0.15, -0.1) is 0 Å². The number of nitrogens with zero attached hydrogens (tertiary/aromatic N) is 1. The first-order chi connectivity index (χ1) is 10.0. The van der Waals surface area contributed by atoms with E-state index >= 15 is 0 Å². The summed E-state index contributed by atoms with van der Waals surface area (Å²) < 4.78 is 5.50. The Morgan fingerprint density at radius 1 is 1.33 bits per heavy atom. The van der Waals surface area contributed by atoms with Crippen molar-refractivity contribution in [3.63, 3.8) is 0 Å². The standard InChI is InChI=1S/C17H22NO2P/c1-5-20-16(19)17-10-12(2)13(3)11-21(17)14(4)15-8-6-7-9-18(15)17/h6-9H,5,10-11H2,1-4H3/t17-,21?/m1/s1. The van der Waals surface area contributed by atoms with Crippen LogP contribution in [0.1, 0.15) is 34.1 Å². The van der Waals surface area contributed by atoms with Gasteiger partial charge < -0.3 is 9.64 Å². The summed E-state index contributed by atoms with van der Waals surface area (Å²) in [6.07, 6.45) is 10.0. The molecule has 3 nitrogen and oxygen atoms in total. The lowest BCUT2D eigenvalue weighted by Gasteiger charge is -2.44. The summed E-state index contributed by atoms with van der Waals surface area (Å²) in [6.45, 7) is 8.86. The molecular weight excluding hydrogens is 281 g/mol. The van der Waals surface area contributed by atoms with Gasteiger partial charge in [0.05, 0.1) is 6.61 Å². The van der Waals surface area contributed by atoms with E-state index in [0.717, 1.165) is 12.6 Å². The van der Waals surface area contributed by atoms with Crippen LogP contribution in [0.3, 0.4) is 0 Å². The monoisotopic (exact) mass is 303 g/mol. The zero-order valence-corrected chi connectivity index (χ0v) is 14.0. The smallest absolute Gasteiger partial charge is 0.337 e. The first-order valence-electron chi connectivity index (χ1n) is 7.47. The summed E-state index contributed by atoms with van der Waals surface area (Å²) in [5.41, 5.74) is 3.96. The Kier molecular flexibility index (Phi) is 3.57. The quantitative estimate of drug-likeness (QED) is 0.437. The molecule has 0 radical (unpaired) electrons. The van der Waals surface area contributed by atoms with Crippen LogP contribution >= 0.6 is 7.92 Å². The van der Waals surface area contributed by atoms with Crippen molar-refractivity contribution >= 4 is 13.9 Å². The van der Waals surface area contributed by atoms with Crippen LogP contribution in [-0.4, -0.2) is 28.9 Å². The summed E-state index contributed by atoms with van der Waals surface area (Å²) in [5.74, 6) is -0.0581. The van der Waals surface area contributed by atoms with E-state index in [2.05, 4.69) is 37.8 Å². The second-order valence-corrected chi connectivity index (χ2v) is 8.48. The molecule has 0 N–H and O–H groups in total. The van der Waals surface area contributed by atoms with Crippen LogP contribution in [0.15, 0.2) is 46.6 Å². The lowest BCUT2D eigenvalue weighted by atomic mass is 10.00. The van der Waals surface area contributed by atoms with Crippen molar-refractivity contribution < 1.29 is 9.53 Å². The van der Waals surface area contributed by atoms with E-state index in [9.17, 15) is 4.79 Å². The Morgan fingerprint density at radius 3 is 2.81 bits per heavy atom. The van der Waals surface area contributed by atoms with Gasteiger partial charge in [0.15, 0.2) is 5.28 Å². The van der Waals surface area contributed by atoms with Crippen molar-refractivity contribution in [3.05, 3.63) is 46.6 Å². The minimum atomic E-state index is -0.562. The second kappa shape index (κ2) is 5.14. The molecule has 0 saturated heterocycles. The Labute approximate surface area is 127 Å². The molecule has 0 aliphatic carbocycles. The van der Waals surface area contributed by atoms with Crippen molar-refractivity contribution in [2.24, 2.45) is 0 Å². The van der Waals surface area contributed by atoms with E-state index in [1.807, 2.05) is 19.2 Å². The molecule has 21 heavy (non-hydrogen) atoms. The molecule has 0 aromatic rings. The molecule has 0 saturated carbocycles. The highest BCUT2D eigenvalue weighted by molar-refractivity contribution is 7.65. The van der Waals surface area contributed by atoms with Crippen molar-refractivity contribution in [2.45, 2.75) is 39.4 Å². The molecular formula is C17H22NO2P. The maximum Gasteiger partial charge on any atom is 0.337 e. The van der Waals surface area contributed by atoms with Gasteiger partial charge in [-0.2, -0.15) is 0 Å². The second-order valence-electron chi connectivity index (χ2n) is 5.90. The number of rotatable bonds is 2. The highest BCUT2D eigenvalue weighted by Crippen LogP contribution is 2.70. The van der Waals surface area contributed by atoms with E-state index in [1.54, 1.807) is 0 Å². The maximum atomic E-state index is 12.9. The summed E-state index contributed by atoms with van der Waals surface area (Å²) in [5, 5.41) is 0.848. The third kappa shape index (κ3) is 1.94. The van der Waals surface area contributed by atoms with Gasteiger partial charge in [-0.25, -0.2) is 4.79 Å². The lowest BCUT2D eigenvalue weighted by molar-refractivity contribution is -0.149. The topological polar surface area (TPSA) is 29.5 Å². The molecule has 3 heterocycles. The van der Waals surface area contributed by atoms with Gasteiger partial charge in [0.1, 0.15) is 0 Å². The van der Waals surface area contributed by atoms with Gasteiger partial charge in [-0.3, -0.25) is 0 Å². The van der Waals surface area contributed by atoms with Crippen molar-refractivity contribution in [3.8, 4) is 0 Å². The maximum absolute atomic E-state index is 12.9. The largest absolute Gasteiger partial charge is 0.464 e. The fourth-order valence-corrected chi connectivity index (χ4v) is 6.86.